The number of oxime groups is 1. The van der Waals surface area contributed by atoms with Gasteiger partial charge in [0.05, 0.1) is 31.0 Å². The standard InChI is InChI=1S/C17H24N10O7S2/c1-17(2,15(30)31)34-25-11(9-7-35-16(18)22-9)13(28)23-12-10(26(3)14(12)29)6-27-20-4-8(24-27)5-21-36(19,32)33/h4,7,10,12,21H,5-6H2,1-3H3,(H2,18,22)(H,23,28)(H,30,31)(H2,19,32,33)/b25-11-/t10-,12+/m1/s1. The predicted octanol–water partition coefficient (Wildman–Crippen LogP) is -2.78. The molecule has 1 fully saturated rings. The summed E-state index contributed by atoms with van der Waals surface area (Å²) < 4.78 is 24.1. The molecule has 0 unspecified atom stereocenters. The number of carbonyl (C=O) groups excluding carboxylic acids is 2. The quantitative estimate of drug-likeness (QED) is 0.110. The van der Waals surface area contributed by atoms with Crippen molar-refractivity contribution in [2.45, 2.75) is 44.6 Å². The molecule has 0 aromatic carbocycles. The van der Waals surface area contributed by atoms with Crippen LogP contribution in [-0.2, 0) is 42.5 Å². The third-order valence-corrected chi connectivity index (χ3v) is 6.25. The van der Waals surface area contributed by atoms with E-state index in [9.17, 15) is 27.9 Å². The summed E-state index contributed by atoms with van der Waals surface area (Å²) in [4.78, 5) is 48.5. The van der Waals surface area contributed by atoms with Crippen molar-refractivity contribution in [3.8, 4) is 0 Å². The van der Waals surface area contributed by atoms with Gasteiger partial charge in [0.25, 0.3) is 16.1 Å². The molecule has 0 bridgehead atoms. The number of carboxylic acids is 1. The second kappa shape index (κ2) is 10.1. The van der Waals surface area contributed by atoms with Crippen LogP contribution < -0.4 is 20.9 Å². The second-order valence-corrected chi connectivity index (χ2v) is 10.4. The van der Waals surface area contributed by atoms with Crippen LogP contribution in [0, 0.1) is 0 Å². The maximum atomic E-state index is 13.0. The summed E-state index contributed by atoms with van der Waals surface area (Å²) in [6.07, 6.45) is 1.32. The molecule has 2 aromatic heterocycles. The Balaban J connectivity index is 1.74. The van der Waals surface area contributed by atoms with Gasteiger partial charge in [-0.3, -0.25) is 9.59 Å². The van der Waals surface area contributed by atoms with Crippen molar-refractivity contribution in [1.82, 2.24) is 34.9 Å². The lowest BCUT2D eigenvalue weighted by molar-refractivity contribution is -0.161. The van der Waals surface area contributed by atoms with Crippen LogP contribution >= 0.6 is 11.3 Å². The normalized spacial score (nSPS) is 18.6. The van der Waals surface area contributed by atoms with E-state index >= 15 is 0 Å². The van der Waals surface area contributed by atoms with Gasteiger partial charge in [0.15, 0.2) is 10.8 Å². The Morgan fingerprint density at radius 3 is 2.67 bits per heavy atom. The van der Waals surface area contributed by atoms with E-state index in [-0.39, 0.29) is 35.3 Å². The molecule has 36 heavy (non-hydrogen) atoms. The fraction of sp³-hybridized carbons (Fsp3) is 0.471. The zero-order chi connectivity index (χ0) is 26.8. The number of amides is 2. The van der Waals surface area contributed by atoms with E-state index in [2.05, 4.69) is 30.4 Å². The van der Waals surface area contributed by atoms with E-state index in [1.165, 1.54) is 42.2 Å². The van der Waals surface area contributed by atoms with Crippen molar-refractivity contribution >= 4 is 50.2 Å². The lowest BCUT2D eigenvalue weighted by Gasteiger charge is -2.44. The summed E-state index contributed by atoms with van der Waals surface area (Å²) >= 11 is 1.03. The molecule has 3 heterocycles. The smallest absolute Gasteiger partial charge is 0.350 e. The lowest BCUT2D eigenvalue weighted by Crippen LogP contribution is -2.71. The number of likely N-dealkylation sites (tertiary alicyclic amines) is 1. The minimum atomic E-state index is -3.91. The van der Waals surface area contributed by atoms with Crippen molar-refractivity contribution in [2.75, 3.05) is 12.8 Å². The highest BCUT2D eigenvalue weighted by Gasteiger charge is 2.47. The number of thiazole rings is 1. The Hall–Kier alpha value is -3.68. The van der Waals surface area contributed by atoms with E-state index in [1.807, 2.05) is 0 Å². The molecule has 19 heteroatoms. The molecule has 7 N–H and O–H groups in total. The Morgan fingerprint density at radius 2 is 2.08 bits per heavy atom. The van der Waals surface area contributed by atoms with Crippen LogP contribution in [0.15, 0.2) is 16.7 Å². The minimum Gasteiger partial charge on any atom is -0.478 e. The third-order valence-electron chi connectivity index (χ3n) is 5.03. The van der Waals surface area contributed by atoms with Crippen LogP contribution in [0.3, 0.4) is 0 Å². The fourth-order valence-electron chi connectivity index (χ4n) is 2.93. The van der Waals surface area contributed by atoms with E-state index in [0.29, 0.717) is 0 Å². The van der Waals surface area contributed by atoms with Crippen LogP contribution in [0.4, 0.5) is 5.13 Å². The number of hydrogen-bond donors (Lipinski definition) is 5. The number of likely N-dealkylation sites (N-methyl/N-ethyl adjacent to an activating group) is 1. The summed E-state index contributed by atoms with van der Waals surface area (Å²) in [5, 5.41) is 30.1. The molecule has 1 aliphatic heterocycles. The van der Waals surface area contributed by atoms with Crippen LogP contribution in [0.2, 0.25) is 0 Å². The largest absolute Gasteiger partial charge is 0.478 e. The maximum absolute atomic E-state index is 13.0. The Labute approximate surface area is 208 Å². The molecular weight excluding hydrogens is 520 g/mol. The summed E-state index contributed by atoms with van der Waals surface area (Å²) in [5.41, 5.74) is 3.85. The second-order valence-electron chi connectivity index (χ2n) is 8.14. The van der Waals surface area contributed by atoms with Gasteiger partial charge in [-0.2, -0.15) is 28.1 Å². The Kier molecular flexibility index (Phi) is 7.57. The van der Waals surface area contributed by atoms with Gasteiger partial charge in [-0.15, -0.1) is 11.3 Å². The van der Waals surface area contributed by atoms with Gasteiger partial charge in [0.2, 0.25) is 11.5 Å². The predicted molar refractivity (Wildman–Crippen MR) is 124 cm³/mol. The number of rotatable bonds is 11. The minimum absolute atomic E-state index is 0.0357. The number of nitrogen functional groups attached to an aromatic ring is 1. The van der Waals surface area contributed by atoms with E-state index in [1.54, 1.807) is 0 Å². The van der Waals surface area contributed by atoms with Gasteiger partial charge in [-0.1, -0.05) is 5.16 Å². The first-order valence-electron chi connectivity index (χ1n) is 10.1. The van der Waals surface area contributed by atoms with Crippen LogP contribution in [-0.4, -0.2) is 86.6 Å². The molecule has 0 saturated carbocycles. The van der Waals surface area contributed by atoms with Gasteiger partial charge in [-0.25, -0.2) is 14.9 Å². The topological polar surface area (TPSA) is 250 Å². The molecule has 0 radical (unpaired) electrons. The number of hydrogen-bond acceptors (Lipinski definition) is 12. The highest BCUT2D eigenvalue weighted by atomic mass is 32.2. The SMILES string of the molecule is CN1C(=O)[C@@H](NC(=O)/C(=N\OC(C)(C)C(=O)O)c2csc(N)n2)[C@H]1Cn1ncc(CNS(N)(=O)=O)n1. The highest BCUT2D eigenvalue weighted by molar-refractivity contribution is 7.87. The summed E-state index contributed by atoms with van der Waals surface area (Å²) in [5.74, 6) is -2.56. The number of β-lactam (4-membered cyclic amide) rings is 1. The molecule has 2 atom stereocenters. The maximum Gasteiger partial charge on any atom is 0.350 e. The zero-order valence-electron chi connectivity index (χ0n) is 19.3. The number of carboxylic acid groups (broad SMARTS) is 1. The lowest BCUT2D eigenvalue weighted by atomic mass is 9.95. The number of nitrogens with zero attached hydrogens (tertiary/aromatic N) is 6. The third kappa shape index (κ3) is 6.30. The first-order valence-corrected chi connectivity index (χ1v) is 12.6. The van der Waals surface area contributed by atoms with Gasteiger partial charge < -0.3 is 25.9 Å². The number of nitrogens with one attached hydrogen (secondary N) is 2. The molecule has 196 valence electrons. The van der Waals surface area contributed by atoms with Crippen molar-refractivity contribution < 1.29 is 32.7 Å². The molecule has 0 aliphatic carbocycles. The van der Waals surface area contributed by atoms with Crippen molar-refractivity contribution in [2.24, 2.45) is 10.3 Å². The number of anilines is 1. The monoisotopic (exact) mass is 544 g/mol. The highest BCUT2D eigenvalue weighted by Crippen LogP contribution is 2.21. The molecule has 2 aromatic rings. The molecule has 17 nitrogen and oxygen atoms in total. The average molecular weight is 545 g/mol. The molecule has 2 amide bonds. The van der Waals surface area contributed by atoms with Crippen LogP contribution in [0.1, 0.15) is 25.2 Å². The van der Waals surface area contributed by atoms with E-state index < -0.39 is 45.7 Å². The first kappa shape index (κ1) is 26.9. The zero-order valence-corrected chi connectivity index (χ0v) is 20.9. The van der Waals surface area contributed by atoms with Gasteiger partial charge in [0.1, 0.15) is 11.7 Å². The van der Waals surface area contributed by atoms with E-state index in [0.717, 1.165) is 11.3 Å². The van der Waals surface area contributed by atoms with Crippen molar-refractivity contribution in [3.05, 3.63) is 23.0 Å². The molecular formula is C17H24N10O7S2. The number of aliphatic carboxylic acids is 1. The number of carbonyl (C=O) groups is 3. The van der Waals surface area contributed by atoms with Gasteiger partial charge >= 0.3 is 5.97 Å². The Bertz CT molecular complexity index is 1300. The van der Waals surface area contributed by atoms with Crippen molar-refractivity contribution in [1.29, 1.82) is 0 Å². The van der Waals surface area contributed by atoms with E-state index in [4.69, 9.17) is 15.7 Å². The molecule has 1 saturated heterocycles. The van der Waals surface area contributed by atoms with Gasteiger partial charge in [-0.05, 0) is 13.8 Å². The summed E-state index contributed by atoms with van der Waals surface area (Å²) in [6, 6.07) is -1.56. The van der Waals surface area contributed by atoms with Crippen molar-refractivity contribution in [3.63, 3.8) is 0 Å². The van der Waals surface area contributed by atoms with Crippen LogP contribution in [0.25, 0.3) is 0 Å². The fourth-order valence-corrected chi connectivity index (χ4v) is 3.82. The molecule has 0 spiro atoms. The Morgan fingerprint density at radius 1 is 1.39 bits per heavy atom. The number of aromatic nitrogens is 4. The average Bonchev–Trinajstić information content (AvgIpc) is 3.42. The molecule has 3 rings (SSSR count). The summed E-state index contributed by atoms with van der Waals surface area (Å²) in [6.45, 7) is 2.38. The van der Waals surface area contributed by atoms with Crippen LogP contribution in [0.5, 0.6) is 0 Å². The van der Waals surface area contributed by atoms with Gasteiger partial charge in [0, 0.05) is 12.4 Å². The summed E-state index contributed by atoms with van der Waals surface area (Å²) in [7, 11) is -2.39. The first-order chi connectivity index (χ1) is 16.7. The number of nitrogens with two attached hydrogens (primary N) is 2. The molecule has 1 aliphatic rings.